The highest BCUT2D eigenvalue weighted by atomic mass is 19.1. The van der Waals surface area contributed by atoms with Crippen molar-refractivity contribution in [3.63, 3.8) is 0 Å². The summed E-state index contributed by atoms with van der Waals surface area (Å²) in [6.45, 7) is 16.3. The predicted octanol–water partition coefficient (Wildman–Crippen LogP) is 7.48. The number of hydrogen-bond donors (Lipinski definition) is 1. The molecular formula is C38H50F2N6O4. The van der Waals surface area contributed by atoms with E-state index in [1.54, 1.807) is 42.3 Å². The number of aromatic nitrogens is 3. The minimum Gasteiger partial charge on any atom is -0.444 e. The van der Waals surface area contributed by atoms with Crippen molar-refractivity contribution in [2.24, 2.45) is 0 Å². The number of benzene rings is 2. The summed E-state index contributed by atoms with van der Waals surface area (Å²) in [6, 6.07) is 14.4. The maximum absolute atomic E-state index is 15.2. The number of rotatable bonds is 6. The van der Waals surface area contributed by atoms with Crippen LogP contribution >= 0.6 is 0 Å². The van der Waals surface area contributed by atoms with Gasteiger partial charge in [-0.1, -0.05) is 32.0 Å². The molecule has 0 bridgehead atoms. The van der Waals surface area contributed by atoms with Crippen LogP contribution in [-0.4, -0.2) is 76.4 Å². The van der Waals surface area contributed by atoms with Crippen molar-refractivity contribution in [2.45, 2.75) is 85.9 Å². The minimum atomic E-state index is -0.597. The molecule has 0 atom stereocenters. The Morgan fingerprint density at radius 3 is 2.24 bits per heavy atom. The van der Waals surface area contributed by atoms with E-state index in [0.29, 0.717) is 61.3 Å². The Morgan fingerprint density at radius 2 is 1.64 bits per heavy atom. The second kappa shape index (κ2) is 17.2. The van der Waals surface area contributed by atoms with Crippen molar-refractivity contribution in [3.05, 3.63) is 81.9 Å². The average Bonchev–Trinajstić information content (AvgIpc) is 3.09. The molecule has 2 aromatic carbocycles. The number of aryl methyl sites for hydroxylation is 1. The number of piperidine rings is 1. The van der Waals surface area contributed by atoms with Gasteiger partial charge in [0.25, 0.3) is 11.5 Å². The first-order valence-corrected chi connectivity index (χ1v) is 16.9. The zero-order valence-electron chi connectivity index (χ0n) is 30.8. The number of amides is 2. The smallest absolute Gasteiger partial charge is 0.410 e. The van der Waals surface area contributed by atoms with Gasteiger partial charge in [-0.05, 0) is 90.3 Å². The van der Waals surface area contributed by atoms with Gasteiger partial charge in [-0.3, -0.25) is 18.5 Å². The Bertz CT molecular complexity index is 1850. The number of carbonyl (C=O) groups is 2. The van der Waals surface area contributed by atoms with Gasteiger partial charge in [-0.25, -0.2) is 14.2 Å². The van der Waals surface area contributed by atoms with Gasteiger partial charge in [-0.15, -0.1) is 0 Å². The van der Waals surface area contributed by atoms with E-state index >= 15 is 4.39 Å². The quantitative estimate of drug-likeness (QED) is 0.223. The number of nitrogens with one attached hydrogen (secondary N) is 1. The van der Waals surface area contributed by atoms with E-state index in [1.807, 2.05) is 66.4 Å². The van der Waals surface area contributed by atoms with Gasteiger partial charge < -0.3 is 19.9 Å². The molecule has 2 amide bonds. The molecule has 270 valence electrons. The molecule has 12 heteroatoms. The number of halogens is 2. The topological polar surface area (TPSA) is 110 Å². The molecule has 1 aliphatic heterocycles. The van der Waals surface area contributed by atoms with Crippen molar-refractivity contribution < 1.29 is 23.1 Å². The lowest BCUT2D eigenvalue weighted by molar-refractivity contribution is 0.0200. The SMILES string of the molecule is CC.CF.Cc1ccc(C(=O)NC(C)C)cc1-c1nc(N2CCC(N(C)C(=O)OC(C)(C)C)CC2)nc2c1ccc(=O)n2-c1ccccc1F. The molecule has 50 heavy (non-hydrogen) atoms. The summed E-state index contributed by atoms with van der Waals surface area (Å²) in [6.07, 6.45) is 0.914. The van der Waals surface area contributed by atoms with E-state index in [0.717, 1.165) is 5.56 Å². The van der Waals surface area contributed by atoms with Crippen molar-refractivity contribution in [2.75, 3.05) is 32.2 Å². The molecular weight excluding hydrogens is 642 g/mol. The fourth-order valence-electron chi connectivity index (χ4n) is 5.62. The van der Waals surface area contributed by atoms with Gasteiger partial charge >= 0.3 is 6.09 Å². The third-order valence-corrected chi connectivity index (χ3v) is 7.98. The fraction of sp³-hybridized carbons (Fsp3) is 0.447. The number of carbonyl (C=O) groups excluding carboxylic acids is 2. The lowest BCUT2D eigenvalue weighted by Crippen LogP contribution is -2.47. The summed E-state index contributed by atoms with van der Waals surface area (Å²) >= 11 is 0. The molecule has 1 N–H and O–H groups in total. The van der Waals surface area contributed by atoms with Gasteiger partial charge in [0.15, 0.2) is 5.65 Å². The molecule has 2 aromatic heterocycles. The highest BCUT2D eigenvalue weighted by Crippen LogP contribution is 2.33. The minimum absolute atomic E-state index is 0.0407. The van der Waals surface area contributed by atoms with Crippen LogP contribution in [0.1, 0.15) is 77.2 Å². The monoisotopic (exact) mass is 692 g/mol. The van der Waals surface area contributed by atoms with Crippen LogP contribution in [0, 0.1) is 12.7 Å². The number of alkyl halides is 1. The molecule has 3 heterocycles. The normalized spacial score (nSPS) is 13.2. The predicted molar refractivity (Wildman–Crippen MR) is 195 cm³/mol. The third-order valence-electron chi connectivity index (χ3n) is 7.98. The fourth-order valence-corrected chi connectivity index (χ4v) is 5.62. The standard InChI is InChI=1S/C35H41FN6O4.C2H6.CH3F/c1-21(2)37-32(44)23-13-12-22(3)26(20-23)30-25-14-15-29(43)42(28-11-9-8-10-27(28)36)31(25)39-33(38-30)41-18-16-24(17-19-41)40(7)34(45)46-35(4,5)6;2*1-2/h8-15,20-21,24H,16-19H2,1-7H3,(H,37,44);1-2H3;1H3. The Labute approximate surface area is 293 Å². The number of para-hydroxylation sites is 1. The highest BCUT2D eigenvalue weighted by molar-refractivity contribution is 5.98. The van der Waals surface area contributed by atoms with E-state index in [4.69, 9.17) is 14.7 Å². The maximum atomic E-state index is 15.2. The molecule has 1 aliphatic rings. The van der Waals surface area contributed by atoms with Crippen molar-refractivity contribution >= 4 is 29.0 Å². The number of nitrogens with zero attached hydrogens (tertiary/aromatic N) is 5. The third kappa shape index (κ3) is 9.22. The first kappa shape index (κ1) is 39.6. The van der Waals surface area contributed by atoms with Gasteiger partial charge in [0.1, 0.15) is 11.4 Å². The summed E-state index contributed by atoms with van der Waals surface area (Å²) in [5.74, 6) is -0.407. The van der Waals surface area contributed by atoms with Crippen molar-refractivity contribution in [1.29, 1.82) is 0 Å². The second-order valence-electron chi connectivity index (χ2n) is 13.0. The number of hydrogen-bond acceptors (Lipinski definition) is 7. The summed E-state index contributed by atoms with van der Waals surface area (Å²) in [5, 5.41) is 3.47. The maximum Gasteiger partial charge on any atom is 0.410 e. The van der Waals surface area contributed by atoms with E-state index in [9.17, 15) is 18.8 Å². The summed E-state index contributed by atoms with van der Waals surface area (Å²) in [7, 11) is 2.25. The molecule has 0 aliphatic carbocycles. The van der Waals surface area contributed by atoms with Crippen LogP contribution in [0.4, 0.5) is 19.5 Å². The summed E-state index contributed by atoms with van der Waals surface area (Å²) < 4.78 is 31.5. The Morgan fingerprint density at radius 1 is 1.00 bits per heavy atom. The molecule has 0 unspecified atom stereocenters. The van der Waals surface area contributed by atoms with Crippen molar-refractivity contribution in [1.82, 2.24) is 24.8 Å². The zero-order chi connectivity index (χ0) is 37.3. The van der Waals surface area contributed by atoms with Gasteiger partial charge in [0.05, 0.1) is 18.6 Å². The average molecular weight is 693 g/mol. The van der Waals surface area contributed by atoms with Crippen LogP contribution in [0.5, 0.6) is 0 Å². The number of ether oxygens (including phenoxy) is 1. The first-order chi connectivity index (χ1) is 23.7. The van der Waals surface area contributed by atoms with Gasteiger partial charge in [0.2, 0.25) is 5.95 Å². The van der Waals surface area contributed by atoms with Crippen molar-refractivity contribution in [3.8, 4) is 16.9 Å². The largest absolute Gasteiger partial charge is 0.444 e. The molecule has 0 spiro atoms. The molecule has 0 saturated carbocycles. The van der Waals surface area contributed by atoms with Crippen LogP contribution in [0.3, 0.4) is 0 Å². The van der Waals surface area contributed by atoms with E-state index in [2.05, 4.69) is 5.32 Å². The van der Waals surface area contributed by atoms with Crippen LogP contribution in [0.25, 0.3) is 28.0 Å². The van der Waals surface area contributed by atoms with E-state index in [-0.39, 0.29) is 35.4 Å². The molecule has 4 aromatic rings. The van der Waals surface area contributed by atoms with Crippen LogP contribution in [0.15, 0.2) is 59.4 Å². The Balaban J connectivity index is 0.00000163. The molecule has 0 radical (unpaired) electrons. The molecule has 1 saturated heterocycles. The first-order valence-electron chi connectivity index (χ1n) is 16.9. The van der Waals surface area contributed by atoms with E-state index < -0.39 is 17.0 Å². The Kier molecular flexibility index (Phi) is 13.6. The molecule has 1 fully saturated rings. The second-order valence-corrected chi connectivity index (χ2v) is 13.0. The van der Waals surface area contributed by atoms with Crippen LogP contribution < -0.4 is 15.8 Å². The summed E-state index contributed by atoms with van der Waals surface area (Å²) in [5.41, 5.74) is 1.85. The van der Waals surface area contributed by atoms with Crippen LogP contribution in [0.2, 0.25) is 0 Å². The van der Waals surface area contributed by atoms with Gasteiger partial charge in [0, 0.05) is 54.8 Å². The number of pyridine rings is 1. The zero-order valence-corrected chi connectivity index (χ0v) is 30.8. The Hall–Kier alpha value is -4.87. The molecule has 5 rings (SSSR count). The molecule has 10 nitrogen and oxygen atoms in total. The number of anilines is 1. The summed E-state index contributed by atoms with van der Waals surface area (Å²) in [4.78, 5) is 52.6. The van der Waals surface area contributed by atoms with E-state index in [1.165, 1.54) is 22.8 Å². The van der Waals surface area contributed by atoms with Gasteiger partial charge in [-0.2, -0.15) is 4.98 Å². The lowest BCUT2D eigenvalue weighted by atomic mass is 9.99. The highest BCUT2D eigenvalue weighted by Gasteiger charge is 2.30. The lowest BCUT2D eigenvalue weighted by Gasteiger charge is -2.37. The number of fused-ring (bicyclic) bond motifs is 1. The van der Waals surface area contributed by atoms with Crippen LogP contribution in [-0.2, 0) is 4.74 Å².